The number of aromatic nitrogens is 1. The highest BCUT2D eigenvalue weighted by atomic mass is 32.2. The Morgan fingerprint density at radius 3 is 2.79 bits per heavy atom. The number of nitrogens with one attached hydrogen (secondary N) is 1. The van der Waals surface area contributed by atoms with Gasteiger partial charge in [-0.15, -0.1) is 11.8 Å². The molecule has 0 saturated heterocycles. The standard InChI is InChI=1S/C25H24N2O5S/c28-23(29)14-33-24-17-5-1-2-6-19(17)27-20-11-15(9-10-18(20)24)25(30)26-12-16-13-31-21-7-3-4-8-22(21)32-16/h3-4,7-11,16H,1-2,5-6,12-14H2,(H,26,30)(H,28,29)/t16-/m0/s1. The molecular formula is C25H24N2O5S. The van der Waals surface area contributed by atoms with E-state index in [4.69, 9.17) is 14.5 Å². The number of hydrogen-bond donors (Lipinski definition) is 2. The third kappa shape index (κ3) is 4.61. The van der Waals surface area contributed by atoms with E-state index in [9.17, 15) is 14.7 Å². The van der Waals surface area contributed by atoms with Gasteiger partial charge in [0.05, 0.1) is 17.8 Å². The lowest BCUT2D eigenvalue weighted by atomic mass is 9.94. The van der Waals surface area contributed by atoms with Crippen LogP contribution in [0.15, 0.2) is 47.4 Å². The van der Waals surface area contributed by atoms with Gasteiger partial charge in [-0.3, -0.25) is 14.6 Å². The Kier molecular flexibility index (Phi) is 6.09. The van der Waals surface area contributed by atoms with Gasteiger partial charge in [-0.2, -0.15) is 0 Å². The summed E-state index contributed by atoms with van der Waals surface area (Å²) in [5, 5.41) is 13.0. The first-order valence-electron chi connectivity index (χ1n) is 11.1. The van der Waals surface area contributed by atoms with Gasteiger partial charge in [0, 0.05) is 21.5 Å². The molecule has 2 N–H and O–H groups in total. The van der Waals surface area contributed by atoms with E-state index in [1.165, 1.54) is 11.8 Å². The summed E-state index contributed by atoms with van der Waals surface area (Å²) in [7, 11) is 0. The van der Waals surface area contributed by atoms with Crippen LogP contribution < -0.4 is 14.8 Å². The first-order valence-corrected chi connectivity index (χ1v) is 12.0. The second kappa shape index (κ2) is 9.31. The highest BCUT2D eigenvalue weighted by molar-refractivity contribution is 8.00. The number of carbonyl (C=O) groups is 2. The molecule has 33 heavy (non-hydrogen) atoms. The van der Waals surface area contributed by atoms with E-state index in [0.717, 1.165) is 52.7 Å². The molecule has 0 saturated carbocycles. The minimum atomic E-state index is -0.845. The molecule has 1 aliphatic heterocycles. The van der Waals surface area contributed by atoms with Crippen molar-refractivity contribution in [2.75, 3.05) is 18.9 Å². The van der Waals surface area contributed by atoms with Crippen LogP contribution in [0, 0.1) is 0 Å². The van der Waals surface area contributed by atoms with Crippen LogP contribution in [0.5, 0.6) is 11.5 Å². The lowest BCUT2D eigenvalue weighted by Gasteiger charge is -2.26. The zero-order chi connectivity index (χ0) is 22.8. The molecule has 1 aliphatic carbocycles. The predicted octanol–water partition coefficient (Wildman–Crippen LogP) is 3.86. The molecule has 0 bridgehead atoms. The lowest BCUT2D eigenvalue weighted by molar-refractivity contribution is -0.133. The van der Waals surface area contributed by atoms with Crippen molar-refractivity contribution < 1.29 is 24.2 Å². The summed E-state index contributed by atoms with van der Waals surface area (Å²) in [6, 6.07) is 12.9. The quantitative estimate of drug-likeness (QED) is 0.535. The number of benzene rings is 2. The van der Waals surface area contributed by atoms with Crippen LogP contribution in [-0.4, -0.2) is 47.0 Å². The number of carboxylic acid groups (broad SMARTS) is 1. The van der Waals surface area contributed by atoms with E-state index in [2.05, 4.69) is 5.32 Å². The summed E-state index contributed by atoms with van der Waals surface area (Å²) < 4.78 is 11.6. The summed E-state index contributed by atoms with van der Waals surface area (Å²) >= 11 is 1.34. The summed E-state index contributed by atoms with van der Waals surface area (Å²) in [4.78, 5) is 29.8. The maximum atomic E-state index is 12.8. The van der Waals surface area contributed by atoms with Crippen molar-refractivity contribution in [1.82, 2.24) is 10.3 Å². The topological polar surface area (TPSA) is 97.8 Å². The molecule has 8 heteroatoms. The summed E-state index contributed by atoms with van der Waals surface area (Å²) in [6.45, 7) is 0.690. The second-order valence-electron chi connectivity index (χ2n) is 8.20. The summed E-state index contributed by atoms with van der Waals surface area (Å²) in [5.74, 6) is 0.329. The van der Waals surface area contributed by atoms with Gasteiger partial charge in [-0.05, 0) is 55.5 Å². The number of carboxylic acids is 1. The maximum Gasteiger partial charge on any atom is 0.313 e. The Bertz CT molecular complexity index is 1230. The second-order valence-corrected chi connectivity index (χ2v) is 9.18. The number of aliphatic carboxylic acids is 1. The lowest BCUT2D eigenvalue weighted by Crippen LogP contribution is -2.40. The summed E-state index contributed by atoms with van der Waals surface area (Å²) in [6.07, 6.45) is 3.67. The van der Waals surface area contributed by atoms with E-state index < -0.39 is 5.97 Å². The molecule has 0 radical (unpaired) electrons. The van der Waals surface area contributed by atoms with E-state index in [0.29, 0.717) is 30.2 Å². The number of hydrogen-bond acceptors (Lipinski definition) is 6. The molecule has 2 heterocycles. The average molecular weight is 465 g/mol. The zero-order valence-corrected chi connectivity index (χ0v) is 18.8. The zero-order valence-electron chi connectivity index (χ0n) is 18.0. The van der Waals surface area contributed by atoms with Crippen molar-refractivity contribution in [3.05, 3.63) is 59.3 Å². The molecule has 0 unspecified atom stereocenters. The molecule has 2 aliphatic rings. The SMILES string of the molecule is O=C(O)CSc1c2c(nc3cc(C(=O)NC[C@H]4COc5ccccc5O4)ccc13)CCCC2. The van der Waals surface area contributed by atoms with Crippen LogP contribution in [0.25, 0.3) is 10.9 Å². The minimum Gasteiger partial charge on any atom is -0.486 e. The number of nitrogens with zero attached hydrogens (tertiary/aromatic N) is 1. The summed E-state index contributed by atoms with van der Waals surface area (Å²) in [5.41, 5.74) is 3.41. The maximum absolute atomic E-state index is 12.8. The fourth-order valence-electron chi connectivity index (χ4n) is 4.29. The Labute approximate surface area is 195 Å². The van der Waals surface area contributed by atoms with Crippen LogP contribution in [-0.2, 0) is 17.6 Å². The van der Waals surface area contributed by atoms with Crippen molar-refractivity contribution in [3.63, 3.8) is 0 Å². The van der Waals surface area contributed by atoms with E-state index in [-0.39, 0.29) is 17.8 Å². The van der Waals surface area contributed by atoms with Crippen LogP contribution in [0.2, 0.25) is 0 Å². The number of ether oxygens (including phenoxy) is 2. The van der Waals surface area contributed by atoms with Gasteiger partial charge in [0.2, 0.25) is 0 Å². The Hall–Kier alpha value is -3.26. The number of carbonyl (C=O) groups excluding carboxylic acids is 1. The molecule has 0 fully saturated rings. The van der Waals surface area contributed by atoms with Gasteiger partial charge in [0.15, 0.2) is 11.5 Å². The Morgan fingerprint density at radius 2 is 1.94 bits per heavy atom. The Morgan fingerprint density at radius 1 is 1.12 bits per heavy atom. The van der Waals surface area contributed by atoms with Crippen molar-refractivity contribution in [1.29, 1.82) is 0 Å². The number of pyridine rings is 1. The number of thioether (sulfide) groups is 1. The van der Waals surface area contributed by atoms with Crippen LogP contribution in [0.3, 0.4) is 0 Å². The van der Waals surface area contributed by atoms with Crippen molar-refractivity contribution in [2.24, 2.45) is 0 Å². The molecule has 3 aromatic rings. The van der Waals surface area contributed by atoms with Crippen molar-refractivity contribution in [2.45, 2.75) is 36.7 Å². The fraction of sp³-hybridized carbons (Fsp3) is 0.320. The smallest absolute Gasteiger partial charge is 0.313 e. The molecule has 7 nitrogen and oxygen atoms in total. The number of fused-ring (bicyclic) bond motifs is 3. The number of aryl methyl sites for hydroxylation is 1. The van der Waals surface area contributed by atoms with Crippen molar-refractivity contribution in [3.8, 4) is 11.5 Å². The Balaban J connectivity index is 1.34. The van der Waals surface area contributed by atoms with Gasteiger partial charge in [0.1, 0.15) is 12.7 Å². The van der Waals surface area contributed by atoms with Gasteiger partial charge in [0.25, 0.3) is 5.91 Å². The largest absolute Gasteiger partial charge is 0.486 e. The van der Waals surface area contributed by atoms with E-state index >= 15 is 0 Å². The van der Waals surface area contributed by atoms with Crippen molar-refractivity contribution >= 4 is 34.5 Å². The molecule has 1 amide bonds. The fourth-order valence-corrected chi connectivity index (χ4v) is 5.28. The van der Waals surface area contributed by atoms with E-state index in [1.54, 1.807) is 12.1 Å². The normalized spacial score (nSPS) is 16.8. The number of para-hydroxylation sites is 2. The third-order valence-corrected chi connectivity index (χ3v) is 7.02. The number of rotatable bonds is 6. The molecular weight excluding hydrogens is 440 g/mol. The van der Waals surface area contributed by atoms with Gasteiger partial charge < -0.3 is 19.9 Å². The first-order chi connectivity index (χ1) is 16.1. The van der Waals surface area contributed by atoms with Gasteiger partial charge >= 0.3 is 5.97 Å². The van der Waals surface area contributed by atoms with Crippen LogP contribution in [0.4, 0.5) is 0 Å². The monoisotopic (exact) mass is 464 g/mol. The predicted molar refractivity (Wildman–Crippen MR) is 125 cm³/mol. The minimum absolute atomic E-state index is 0.000376. The van der Waals surface area contributed by atoms with Gasteiger partial charge in [-0.1, -0.05) is 18.2 Å². The van der Waals surface area contributed by atoms with Crippen LogP contribution >= 0.6 is 11.8 Å². The molecule has 5 rings (SSSR count). The highest BCUT2D eigenvalue weighted by Crippen LogP contribution is 2.36. The molecule has 2 aromatic carbocycles. The third-order valence-electron chi connectivity index (χ3n) is 5.87. The molecule has 170 valence electrons. The molecule has 0 spiro atoms. The van der Waals surface area contributed by atoms with Gasteiger partial charge in [-0.25, -0.2) is 0 Å². The molecule has 1 atom stereocenters. The highest BCUT2D eigenvalue weighted by Gasteiger charge is 2.23. The average Bonchev–Trinajstić information content (AvgIpc) is 2.84. The number of amides is 1. The molecule has 1 aromatic heterocycles. The first kappa shape index (κ1) is 21.6. The van der Waals surface area contributed by atoms with Crippen LogP contribution in [0.1, 0.15) is 34.5 Å². The van der Waals surface area contributed by atoms with E-state index in [1.807, 2.05) is 30.3 Å².